The first-order chi connectivity index (χ1) is 7.78. The van der Waals surface area contributed by atoms with Crippen molar-refractivity contribution in [2.45, 2.75) is 25.5 Å². The summed E-state index contributed by atoms with van der Waals surface area (Å²) in [5.74, 6) is 0.328. The second-order valence-corrected chi connectivity index (χ2v) is 6.92. The van der Waals surface area contributed by atoms with Gasteiger partial charge in [-0.25, -0.2) is 0 Å². The van der Waals surface area contributed by atoms with Gasteiger partial charge in [0.15, 0.2) is 0 Å². The van der Waals surface area contributed by atoms with Gasteiger partial charge in [0, 0.05) is 9.77 Å². The number of nitrogens with one attached hydrogen (secondary N) is 1. The van der Waals surface area contributed by atoms with E-state index in [1.807, 2.05) is 0 Å². The molecular formula is C12H17ClN2OS. The Morgan fingerprint density at radius 1 is 1.47 bits per heavy atom. The average molecular weight is 273 g/mol. The minimum Gasteiger partial charge on any atom is -0.397 e. The molecule has 0 saturated carbocycles. The highest BCUT2D eigenvalue weighted by molar-refractivity contribution is 8.01. The fourth-order valence-corrected chi connectivity index (χ4v) is 1.91. The van der Waals surface area contributed by atoms with Gasteiger partial charge in [0.2, 0.25) is 5.91 Å². The lowest BCUT2D eigenvalue weighted by Gasteiger charge is -2.17. The van der Waals surface area contributed by atoms with Crippen LogP contribution in [0.2, 0.25) is 5.02 Å². The van der Waals surface area contributed by atoms with E-state index in [0.717, 1.165) is 0 Å². The first-order valence-corrected chi connectivity index (χ1v) is 6.63. The number of amides is 1. The molecular weight excluding hydrogens is 256 g/mol. The Labute approximate surface area is 111 Å². The number of halogens is 1. The fraction of sp³-hybridized carbons (Fsp3) is 0.417. The molecule has 0 bridgehead atoms. The Morgan fingerprint density at radius 3 is 2.71 bits per heavy atom. The van der Waals surface area contributed by atoms with Crippen molar-refractivity contribution in [2.75, 3.05) is 16.8 Å². The lowest BCUT2D eigenvalue weighted by molar-refractivity contribution is -0.113. The molecule has 0 fully saturated rings. The van der Waals surface area contributed by atoms with E-state index < -0.39 is 0 Å². The minimum atomic E-state index is -0.0705. The molecule has 3 N–H and O–H groups in total. The first-order valence-electron chi connectivity index (χ1n) is 5.27. The Morgan fingerprint density at radius 2 is 2.12 bits per heavy atom. The lowest BCUT2D eigenvalue weighted by atomic mass is 10.2. The maximum absolute atomic E-state index is 11.7. The van der Waals surface area contributed by atoms with Crippen LogP contribution in [0.5, 0.6) is 0 Å². The highest BCUT2D eigenvalue weighted by atomic mass is 35.5. The predicted octanol–water partition coefficient (Wildman–Crippen LogP) is 3.39. The third-order valence-corrected chi connectivity index (χ3v) is 3.43. The van der Waals surface area contributed by atoms with Crippen LogP contribution in [0.4, 0.5) is 11.4 Å². The zero-order valence-corrected chi connectivity index (χ0v) is 11.8. The number of anilines is 2. The number of nitrogens with two attached hydrogens (primary N) is 1. The van der Waals surface area contributed by atoms with Crippen LogP contribution in [0.3, 0.4) is 0 Å². The van der Waals surface area contributed by atoms with Crippen molar-refractivity contribution in [3.8, 4) is 0 Å². The molecule has 94 valence electrons. The number of hydrogen-bond acceptors (Lipinski definition) is 3. The highest BCUT2D eigenvalue weighted by Gasteiger charge is 2.14. The van der Waals surface area contributed by atoms with Crippen molar-refractivity contribution < 1.29 is 4.79 Å². The summed E-state index contributed by atoms with van der Waals surface area (Å²) in [6.07, 6.45) is 0. The van der Waals surface area contributed by atoms with Gasteiger partial charge >= 0.3 is 0 Å². The van der Waals surface area contributed by atoms with Crippen molar-refractivity contribution in [1.82, 2.24) is 0 Å². The van der Waals surface area contributed by atoms with E-state index in [1.165, 1.54) is 0 Å². The molecule has 0 aliphatic heterocycles. The molecule has 0 atom stereocenters. The number of carbonyl (C=O) groups is 1. The third-order valence-electron chi connectivity index (χ3n) is 1.93. The van der Waals surface area contributed by atoms with Gasteiger partial charge in [-0.2, -0.15) is 0 Å². The Bertz CT molecular complexity index is 415. The number of nitrogen functional groups attached to an aromatic ring is 1. The fourth-order valence-electron chi connectivity index (χ4n) is 1.11. The number of carbonyl (C=O) groups excluding carboxylic acids is 1. The van der Waals surface area contributed by atoms with Crippen LogP contribution in [-0.4, -0.2) is 16.4 Å². The summed E-state index contributed by atoms with van der Waals surface area (Å²) in [6.45, 7) is 6.20. The predicted molar refractivity (Wildman–Crippen MR) is 76.7 cm³/mol. The molecule has 0 unspecified atom stereocenters. The molecule has 1 rings (SSSR count). The Kier molecular flexibility index (Phi) is 4.71. The van der Waals surface area contributed by atoms with Crippen molar-refractivity contribution in [3.05, 3.63) is 23.2 Å². The molecule has 0 saturated heterocycles. The van der Waals surface area contributed by atoms with Crippen LogP contribution >= 0.6 is 23.4 Å². The zero-order valence-electron chi connectivity index (χ0n) is 10.2. The van der Waals surface area contributed by atoms with E-state index in [2.05, 4.69) is 26.1 Å². The van der Waals surface area contributed by atoms with Crippen LogP contribution in [-0.2, 0) is 4.79 Å². The van der Waals surface area contributed by atoms with Crippen molar-refractivity contribution >= 4 is 40.6 Å². The summed E-state index contributed by atoms with van der Waals surface area (Å²) in [5.41, 5.74) is 6.82. The van der Waals surface area contributed by atoms with Crippen molar-refractivity contribution in [2.24, 2.45) is 0 Å². The number of rotatable bonds is 3. The topological polar surface area (TPSA) is 55.1 Å². The molecule has 0 aliphatic rings. The largest absolute Gasteiger partial charge is 0.397 e. The van der Waals surface area contributed by atoms with Gasteiger partial charge in [-0.15, -0.1) is 11.8 Å². The molecule has 0 heterocycles. The number of hydrogen-bond donors (Lipinski definition) is 2. The summed E-state index contributed by atoms with van der Waals surface area (Å²) in [6, 6.07) is 5.02. The van der Waals surface area contributed by atoms with Crippen LogP contribution < -0.4 is 11.1 Å². The maximum Gasteiger partial charge on any atom is 0.234 e. The number of benzene rings is 1. The van der Waals surface area contributed by atoms with Crippen LogP contribution in [0.1, 0.15) is 20.8 Å². The molecule has 0 radical (unpaired) electrons. The average Bonchev–Trinajstić information content (AvgIpc) is 2.20. The lowest BCUT2D eigenvalue weighted by Crippen LogP contribution is -2.19. The maximum atomic E-state index is 11.7. The van der Waals surface area contributed by atoms with E-state index in [0.29, 0.717) is 22.2 Å². The van der Waals surface area contributed by atoms with Crippen molar-refractivity contribution in [1.29, 1.82) is 0 Å². The second-order valence-electron chi connectivity index (χ2n) is 4.68. The van der Waals surface area contributed by atoms with Gasteiger partial charge in [0.05, 0.1) is 17.1 Å². The monoisotopic (exact) mass is 272 g/mol. The van der Waals surface area contributed by atoms with E-state index in [1.54, 1.807) is 30.0 Å². The molecule has 1 amide bonds. The van der Waals surface area contributed by atoms with Crippen LogP contribution in [0.15, 0.2) is 18.2 Å². The third kappa shape index (κ3) is 5.33. The molecule has 0 spiro atoms. The summed E-state index contributed by atoms with van der Waals surface area (Å²) in [4.78, 5) is 11.7. The Hall–Kier alpha value is -0.870. The van der Waals surface area contributed by atoms with E-state index >= 15 is 0 Å². The molecule has 0 aliphatic carbocycles. The van der Waals surface area contributed by atoms with Gasteiger partial charge in [-0.1, -0.05) is 32.4 Å². The molecule has 3 nitrogen and oxygen atoms in total. The minimum absolute atomic E-state index is 0.0667. The summed E-state index contributed by atoms with van der Waals surface area (Å²) in [5, 5.41) is 3.31. The van der Waals surface area contributed by atoms with Gasteiger partial charge < -0.3 is 11.1 Å². The Balaban J connectivity index is 2.59. The molecule has 0 aromatic heterocycles. The smallest absolute Gasteiger partial charge is 0.234 e. The summed E-state index contributed by atoms with van der Waals surface area (Å²) < 4.78 is 0.0667. The normalized spacial score (nSPS) is 11.3. The second kappa shape index (κ2) is 5.65. The first kappa shape index (κ1) is 14.2. The van der Waals surface area contributed by atoms with Crippen molar-refractivity contribution in [3.63, 3.8) is 0 Å². The summed E-state index contributed by atoms with van der Waals surface area (Å²) in [7, 11) is 0. The van der Waals surface area contributed by atoms with E-state index in [4.69, 9.17) is 17.3 Å². The summed E-state index contributed by atoms with van der Waals surface area (Å²) >= 11 is 7.42. The molecule has 5 heteroatoms. The van der Waals surface area contributed by atoms with E-state index in [9.17, 15) is 4.79 Å². The van der Waals surface area contributed by atoms with E-state index in [-0.39, 0.29) is 10.7 Å². The van der Waals surface area contributed by atoms with Gasteiger partial charge in [-0.3, -0.25) is 4.79 Å². The standard InChI is InChI=1S/C12H17ClN2OS/c1-12(2,3)17-7-11(16)15-10-6-8(13)4-5-9(10)14/h4-6H,7,14H2,1-3H3,(H,15,16). The van der Waals surface area contributed by atoms with Crippen LogP contribution in [0.25, 0.3) is 0 Å². The number of thioether (sulfide) groups is 1. The van der Waals surface area contributed by atoms with Crippen LogP contribution in [0, 0.1) is 0 Å². The quantitative estimate of drug-likeness (QED) is 0.830. The zero-order chi connectivity index (χ0) is 13.1. The van der Waals surface area contributed by atoms with Gasteiger partial charge in [0.1, 0.15) is 0 Å². The van der Waals surface area contributed by atoms with Gasteiger partial charge in [-0.05, 0) is 18.2 Å². The van der Waals surface area contributed by atoms with Gasteiger partial charge in [0.25, 0.3) is 0 Å². The SMILES string of the molecule is CC(C)(C)SCC(=O)Nc1cc(Cl)ccc1N. The molecule has 17 heavy (non-hydrogen) atoms. The molecule has 1 aromatic carbocycles. The molecule has 1 aromatic rings. The highest BCUT2D eigenvalue weighted by Crippen LogP contribution is 2.25.